The fourth-order valence-corrected chi connectivity index (χ4v) is 3.61. The zero-order valence-corrected chi connectivity index (χ0v) is 16.2. The highest BCUT2D eigenvalue weighted by Crippen LogP contribution is 2.39. The molecule has 0 aromatic heterocycles. The van der Waals surface area contributed by atoms with E-state index in [9.17, 15) is 9.90 Å². The van der Waals surface area contributed by atoms with Gasteiger partial charge in [0.15, 0.2) is 0 Å². The van der Waals surface area contributed by atoms with Crippen LogP contribution in [0.15, 0.2) is 0 Å². The van der Waals surface area contributed by atoms with Gasteiger partial charge in [-0.2, -0.15) is 0 Å². The van der Waals surface area contributed by atoms with Crippen molar-refractivity contribution in [3.8, 4) is 0 Å². The molecule has 0 aliphatic carbocycles. The highest BCUT2D eigenvalue weighted by Gasteiger charge is 2.34. The van der Waals surface area contributed by atoms with Crippen molar-refractivity contribution < 1.29 is 14.6 Å². The Kier molecular flexibility index (Phi) is 7.43. The Hall–Kier alpha value is -0.553. The quantitative estimate of drug-likeness (QED) is 0.723. The first-order chi connectivity index (χ1) is 9.24. The van der Waals surface area contributed by atoms with Crippen LogP contribution in [0, 0.1) is 0 Å². The molecule has 0 saturated heterocycles. The summed E-state index contributed by atoms with van der Waals surface area (Å²) in [6.07, 6.45) is 0.768. The summed E-state index contributed by atoms with van der Waals surface area (Å²) >= 11 is 0. The monoisotopic (exact) mass is 317 g/mol. The Balaban J connectivity index is 3.97. The molecule has 0 heterocycles. The molecule has 0 radical (unpaired) electrons. The molecular weight excluding hydrogens is 282 g/mol. The Morgan fingerprint density at radius 2 is 1.71 bits per heavy atom. The summed E-state index contributed by atoms with van der Waals surface area (Å²) in [5.41, 5.74) is -0.503. The van der Waals surface area contributed by atoms with Gasteiger partial charge in [-0.25, -0.2) is 4.79 Å². The molecule has 5 heteroatoms. The Morgan fingerprint density at radius 3 is 2.14 bits per heavy atom. The normalized spacial score (nSPS) is 14.7. The van der Waals surface area contributed by atoms with Crippen molar-refractivity contribution in [3.63, 3.8) is 0 Å². The maximum absolute atomic E-state index is 11.5. The van der Waals surface area contributed by atoms with Crippen LogP contribution >= 0.6 is 0 Å². The summed E-state index contributed by atoms with van der Waals surface area (Å²) in [6, 6.07) is 1.19. The van der Waals surface area contributed by atoms with E-state index in [1.54, 1.807) is 0 Å². The van der Waals surface area contributed by atoms with Crippen molar-refractivity contribution in [1.29, 1.82) is 0 Å². The van der Waals surface area contributed by atoms with Gasteiger partial charge in [-0.05, 0) is 32.2 Å². The summed E-state index contributed by atoms with van der Waals surface area (Å²) in [4.78, 5) is 11.5. The first-order valence-electron chi connectivity index (χ1n) is 7.89. The second-order valence-electron chi connectivity index (χ2n) is 8.56. The number of aliphatic hydroxyl groups excluding tert-OH is 1. The highest BCUT2D eigenvalue weighted by atomic mass is 28.3. The van der Waals surface area contributed by atoms with Gasteiger partial charge in [0.05, 0.1) is 14.2 Å². The van der Waals surface area contributed by atoms with Crippen molar-refractivity contribution in [2.45, 2.75) is 90.3 Å². The minimum Gasteiger partial charge on any atom is -0.444 e. The average molecular weight is 318 g/mol. The van der Waals surface area contributed by atoms with E-state index >= 15 is 0 Å². The molecule has 0 saturated carbocycles. The predicted molar refractivity (Wildman–Crippen MR) is 91.5 cm³/mol. The number of carbonyl (C=O) groups excluding carboxylic acids is 1. The van der Waals surface area contributed by atoms with E-state index < -0.39 is 25.9 Å². The number of alkyl carbamates (subject to hydrolysis) is 1. The van der Waals surface area contributed by atoms with Crippen molar-refractivity contribution in [1.82, 2.24) is 5.32 Å². The van der Waals surface area contributed by atoms with E-state index in [0.29, 0.717) is 5.04 Å². The minimum absolute atomic E-state index is 0.256. The molecule has 21 heavy (non-hydrogen) atoms. The van der Waals surface area contributed by atoms with Crippen LogP contribution in [0.5, 0.6) is 0 Å². The molecule has 1 amide bonds. The zero-order valence-electron chi connectivity index (χ0n) is 15.2. The van der Waals surface area contributed by atoms with Gasteiger partial charge >= 0.3 is 6.09 Å². The van der Waals surface area contributed by atoms with Gasteiger partial charge in [-0.15, -0.1) is 0 Å². The van der Waals surface area contributed by atoms with Gasteiger partial charge in [0.2, 0.25) is 0 Å². The lowest BCUT2D eigenvalue weighted by molar-refractivity contribution is 0.0488. The Bertz CT molecular complexity index is 329. The fraction of sp³-hybridized carbons (Fsp3) is 0.938. The molecule has 126 valence electrons. The van der Waals surface area contributed by atoms with Crippen LogP contribution in [0.4, 0.5) is 4.79 Å². The average Bonchev–Trinajstić information content (AvgIpc) is 2.22. The van der Waals surface area contributed by atoms with Crippen molar-refractivity contribution in [2.75, 3.05) is 6.54 Å². The number of rotatable bonds is 6. The lowest BCUT2D eigenvalue weighted by Gasteiger charge is -2.37. The third kappa shape index (κ3) is 9.14. The van der Waals surface area contributed by atoms with Gasteiger partial charge in [0.25, 0.3) is 0 Å². The van der Waals surface area contributed by atoms with E-state index in [0.717, 1.165) is 12.8 Å². The van der Waals surface area contributed by atoms with Gasteiger partial charge in [0.1, 0.15) is 5.60 Å². The summed E-state index contributed by atoms with van der Waals surface area (Å²) in [6.45, 7) is 17.4. The second-order valence-corrected chi connectivity index (χ2v) is 14.3. The van der Waals surface area contributed by atoms with Crippen LogP contribution in [0.1, 0.15) is 54.4 Å². The van der Waals surface area contributed by atoms with Crippen molar-refractivity contribution in [2.24, 2.45) is 0 Å². The molecule has 0 aliphatic heterocycles. The van der Waals surface area contributed by atoms with E-state index in [2.05, 4.69) is 39.2 Å². The van der Waals surface area contributed by atoms with Crippen LogP contribution in [0.2, 0.25) is 24.2 Å². The van der Waals surface area contributed by atoms with Crippen molar-refractivity contribution >= 4 is 14.2 Å². The number of amides is 1. The molecular formula is C16H35NO3Si. The van der Waals surface area contributed by atoms with Crippen LogP contribution < -0.4 is 5.32 Å². The second kappa shape index (κ2) is 7.63. The molecule has 0 rings (SSSR count). The van der Waals surface area contributed by atoms with Crippen LogP contribution in [-0.4, -0.2) is 37.5 Å². The summed E-state index contributed by atoms with van der Waals surface area (Å²) in [5.74, 6) is 0. The molecule has 4 nitrogen and oxygen atoms in total. The summed E-state index contributed by atoms with van der Waals surface area (Å²) < 4.78 is 5.14. The molecule has 1 atom stereocenters. The number of ether oxygens (including phenoxy) is 1. The van der Waals surface area contributed by atoms with Crippen LogP contribution in [0.25, 0.3) is 0 Å². The van der Waals surface area contributed by atoms with Crippen LogP contribution in [-0.2, 0) is 4.74 Å². The maximum atomic E-state index is 11.5. The molecule has 1 unspecified atom stereocenters. The number of carbonyl (C=O) groups is 1. The molecule has 0 spiro atoms. The predicted octanol–water partition coefficient (Wildman–Crippen LogP) is 4.16. The van der Waals surface area contributed by atoms with E-state index in [1.165, 1.54) is 6.04 Å². The molecule has 0 aliphatic rings. The maximum Gasteiger partial charge on any atom is 0.407 e. The van der Waals surface area contributed by atoms with Gasteiger partial charge in [-0.3, -0.25) is 0 Å². The summed E-state index contributed by atoms with van der Waals surface area (Å²) in [7, 11) is -1.27. The van der Waals surface area contributed by atoms with Gasteiger partial charge < -0.3 is 15.2 Å². The number of nitrogens with one attached hydrogen (secondary N) is 1. The molecule has 0 aromatic rings. The lowest BCUT2D eigenvalue weighted by Crippen LogP contribution is -2.38. The SMILES string of the molecule is CC(C)(C)OC(=O)NCC(O)CCC[Si](C)(C)C(C)(C)C. The first kappa shape index (κ1) is 20.4. The number of hydrogen-bond acceptors (Lipinski definition) is 3. The third-order valence-electron chi connectivity index (χ3n) is 4.25. The molecule has 0 bridgehead atoms. The Morgan fingerprint density at radius 1 is 1.19 bits per heavy atom. The van der Waals surface area contributed by atoms with Gasteiger partial charge in [-0.1, -0.05) is 46.3 Å². The van der Waals surface area contributed by atoms with Crippen LogP contribution in [0.3, 0.4) is 0 Å². The van der Waals surface area contributed by atoms with Gasteiger partial charge in [0, 0.05) is 6.54 Å². The van der Waals surface area contributed by atoms with E-state index in [1.807, 2.05) is 20.8 Å². The van der Waals surface area contributed by atoms with Crippen molar-refractivity contribution in [3.05, 3.63) is 0 Å². The highest BCUT2D eigenvalue weighted by molar-refractivity contribution is 6.80. The Labute approximate surface area is 131 Å². The number of aliphatic hydroxyl groups is 1. The number of hydrogen-bond donors (Lipinski definition) is 2. The zero-order chi connectivity index (χ0) is 16.9. The molecule has 0 fully saturated rings. The molecule has 2 N–H and O–H groups in total. The van der Waals surface area contributed by atoms with E-state index in [4.69, 9.17) is 4.74 Å². The summed E-state index contributed by atoms with van der Waals surface area (Å²) in [5, 5.41) is 12.9. The van der Waals surface area contributed by atoms with E-state index in [-0.39, 0.29) is 6.54 Å². The fourth-order valence-electron chi connectivity index (χ4n) is 1.77. The smallest absolute Gasteiger partial charge is 0.407 e. The molecule has 0 aromatic carbocycles. The third-order valence-corrected chi connectivity index (χ3v) is 9.91. The largest absolute Gasteiger partial charge is 0.444 e. The lowest BCUT2D eigenvalue weighted by atomic mass is 10.2. The standard InChI is InChI=1S/C16H35NO3Si/c1-15(2,3)20-14(19)17-12-13(18)10-9-11-21(7,8)16(4,5)6/h13,18H,9-12H2,1-8H3,(H,17,19). The first-order valence-corrected chi connectivity index (χ1v) is 11.1. The topological polar surface area (TPSA) is 58.6 Å². The minimum atomic E-state index is -1.27.